The molecule has 1 aromatic carbocycles. The molecule has 3 rings (SSSR count). The number of fused-ring (bicyclic) bond motifs is 1. The van der Waals surface area contributed by atoms with Crippen LogP contribution in [-0.4, -0.2) is 17.2 Å². The van der Waals surface area contributed by atoms with Gasteiger partial charge in [-0.1, -0.05) is 0 Å². The molecule has 1 aromatic rings. The van der Waals surface area contributed by atoms with Crippen LogP contribution < -0.4 is 20.5 Å². The topological polar surface area (TPSA) is 73.6 Å². The monoisotopic (exact) mass is 276 g/mol. The Balaban J connectivity index is 1.75. The number of rotatable bonds is 3. The lowest BCUT2D eigenvalue weighted by Gasteiger charge is -2.23. The number of carbonyl (C=O) groups is 1. The molecule has 0 spiro atoms. The van der Waals surface area contributed by atoms with Crippen LogP contribution in [0.25, 0.3) is 0 Å². The Kier molecular flexibility index (Phi) is 2.73. The van der Waals surface area contributed by atoms with Gasteiger partial charge in [0.25, 0.3) is 0 Å². The van der Waals surface area contributed by atoms with E-state index in [1.807, 2.05) is 13.8 Å². The zero-order valence-corrected chi connectivity index (χ0v) is 12.0. The van der Waals surface area contributed by atoms with Crippen LogP contribution in [0.4, 0.5) is 5.69 Å². The number of carbonyl (C=O) groups excluding carboxylic acids is 1. The Morgan fingerprint density at radius 3 is 2.65 bits per heavy atom. The highest BCUT2D eigenvalue weighted by Crippen LogP contribution is 2.41. The summed E-state index contributed by atoms with van der Waals surface area (Å²) < 4.78 is 11.3. The Labute approximate surface area is 118 Å². The molecule has 5 heteroatoms. The molecule has 0 saturated heterocycles. The second-order valence-corrected chi connectivity index (χ2v) is 6.28. The van der Waals surface area contributed by atoms with Gasteiger partial charge in [-0.15, -0.1) is 0 Å². The lowest BCUT2D eigenvalue weighted by Crippen LogP contribution is -2.50. The summed E-state index contributed by atoms with van der Waals surface area (Å²) in [6.45, 7) is 5.47. The average Bonchev–Trinajstić information content (AvgIpc) is 3.12. The number of benzene rings is 1. The minimum atomic E-state index is -0.810. The summed E-state index contributed by atoms with van der Waals surface area (Å²) in [5, 5.41) is 2.86. The highest BCUT2D eigenvalue weighted by molar-refractivity contribution is 5.98. The first-order valence-corrected chi connectivity index (χ1v) is 6.90. The van der Waals surface area contributed by atoms with Crippen LogP contribution in [0, 0.1) is 5.92 Å². The maximum atomic E-state index is 12.2. The molecule has 1 aliphatic carbocycles. The molecule has 0 radical (unpaired) electrons. The molecule has 1 amide bonds. The number of hydrogen-bond acceptors (Lipinski definition) is 4. The summed E-state index contributed by atoms with van der Waals surface area (Å²) in [5.41, 5.74) is 5.96. The van der Waals surface area contributed by atoms with Crippen molar-refractivity contribution in [2.45, 2.75) is 44.9 Å². The maximum Gasteiger partial charge on any atom is 0.246 e. The molecule has 1 unspecified atom stereocenters. The molecule has 2 aliphatic rings. The Morgan fingerprint density at radius 2 is 2.00 bits per heavy atom. The van der Waals surface area contributed by atoms with Gasteiger partial charge in [0.05, 0.1) is 5.54 Å². The van der Waals surface area contributed by atoms with Gasteiger partial charge in [0.2, 0.25) is 11.7 Å². The second-order valence-electron chi connectivity index (χ2n) is 6.28. The Hall–Kier alpha value is -1.75. The van der Waals surface area contributed by atoms with Gasteiger partial charge in [0, 0.05) is 25.6 Å². The Morgan fingerprint density at radius 1 is 1.35 bits per heavy atom. The van der Waals surface area contributed by atoms with E-state index in [2.05, 4.69) is 5.32 Å². The van der Waals surface area contributed by atoms with E-state index in [-0.39, 0.29) is 11.8 Å². The highest BCUT2D eigenvalue weighted by atomic mass is 16.7. The first-order chi connectivity index (χ1) is 9.28. The van der Waals surface area contributed by atoms with Gasteiger partial charge in [-0.25, -0.2) is 0 Å². The minimum Gasteiger partial charge on any atom is -0.449 e. The summed E-state index contributed by atoms with van der Waals surface area (Å²) >= 11 is 0. The van der Waals surface area contributed by atoms with Crippen molar-refractivity contribution >= 4 is 11.6 Å². The van der Waals surface area contributed by atoms with E-state index >= 15 is 0 Å². The van der Waals surface area contributed by atoms with Gasteiger partial charge in [-0.05, 0) is 37.8 Å². The smallest absolute Gasteiger partial charge is 0.246 e. The van der Waals surface area contributed by atoms with Gasteiger partial charge >= 0.3 is 0 Å². The summed E-state index contributed by atoms with van der Waals surface area (Å²) in [6.07, 6.45) is 2.05. The molecule has 1 atom stereocenters. The summed E-state index contributed by atoms with van der Waals surface area (Å²) in [7, 11) is 0. The Bertz CT molecular complexity index is 562. The number of ether oxygens (including phenoxy) is 2. The first-order valence-electron chi connectivity index (χ1n) is 6.90. The largest absolute Gasteiger partial charge is 0.449 e. The third kappa shape index (κ3) is 2.33. The van der Waals surface area contributed by atoms with E-state index < -0.39 is 11.3 Å². The zero-order chi connectivity index (χ0) is 14.5. The van der Waals surface area contributed by atoms with Crippen LogP contribution in [0.2, 0.25) is 0 Å². The van der Waals surface area contributed by atoms with Crippen molar-refractivity contribution < 1.29 is 14.3 Å². The molecule has 3 N–H and O–H groups in total. The van der Waals surface area contributed by atoms with Crippen LogP contribution in [0.1, 0.15) is 33.6 Å². The van der Waals surface area contributed by atoms with E-state index in [4.69, 9.17) is 15.2 Å². The minimum absolute atomic E-state index is 0.155. The van der Waals surface area contributed by atoms with E-state index in [9.17, 15) is 4.79 Å². The standard InChI is InChI=1S/C15H20N2O3/c1-14(2)19-11-7-6-10(8-12(11)20-14)17-13(18)15(3,16)9-4-5-9/h6-9H,4-5,16H2,1-3H3,(H,17,18). The van der Waals surface area contributed by atoms with Gasteiger partial charge in [-0.3, -0.25) is 4.79 Å². The lowest BCUT2D eigenvalue weighted by molar-refractivity contribution is -0.121. The number of amides is 1. The maximum absolute atomic E-state index is 12.2. The number of anilines is 1. The van der Waals surface area contributed by atoms with E-state index in [1.165, 1.54) is 0 Å². The molecule has 1 saturated carbocycles. The van der Waals surface area contributed by atoms with Crippen LogP contribution in [-0.2, 0) is 4.79 Å². The fourth-order valence-corrected chi connectivity index (χ4v) is 2.43. The third-order valence-corrected chi connectivity index (χ3v) is 3.83. The fourth-order valence-electron chi connectivity index (χ4n) is 2.43. The van der Waals surface area contributed by atoms with Crippen molar-refractivity contribution in [2.75, 3.05) is 5.32 Å². The van der Waals surface area contributed by atoms with E-state index in [1.54, 1.807) is 25.1 Å². The summed E-state index contributed by atoms with van der Waals surface area (Å²) in [4.78, 5) is 12.2. The number of hydrogen-bond donors (Lipinski definition) is 2. The fraction of sp³-hybridized carbons (Fsp3) is 0.533. The summed E-state index contributed by atoms with van der Waals surface area (Å²) in [6, 6.07) is 5.36. The molecule has 108 valence electrons. The molecule has 20 heavy (non-hydrogen) atoms. The quantitative estimate of drug-likeness (QED) is 0.888. The van der Waals surface area contributed by atoms with Crippen LogP contribution in [0.3, 0.4) is 0 Å². The van der Waals surface area contributed by atoms with E-state index in [0.717, 1.165) is 12.8 Å². The van der Waals surface area contributed by atoms with Crippen molar-refractivity contribution in [3.8, 4) is 11.5 Å². The van der Waals surface area contributed by atoms with Crippen molar-refractivity contribution in [1.82, 2.24) is 0 Å². The molecule has 1 heterocycles. The van der Waals surface area contributed by atoms with Crippen molar-refractivity contribution in [1.29, 1.82) is 0 Å². The second kappa shape index (κ2) is 4.12. The highest BCUT2D eigenvalue weighted by Gasteiger charge is 2.44. The van der Waals surface area contributed by atoms with Crippen molar-refractivity contribution in [3.63, 3.8) is 0 Å². The van der Waals surface area contributed by atoms with Gasteiger partial charge in [0.1, 0.15) is 0 Å². The average molecular weight is 276 g/mol. The van der Waals surface area contributed by atoms with Gasteiger partial charge in [0.15, 0.2) is 11.5 Å². The van der Waals surface area contributed by atoms with Crippen molar-refractivity contribution in [2.24, 2.45) is 11.7 Å². The van der Waals surface area contributed by atoms with Crippen molar-refractivity contribution in [3.05, 3.63) is 18.2 Å². The predicted octanol–water partition coefficient (Wildman–Crippen LogP) is 2.26. The van der Waals surface area contributed by atoms with Gasteiger partial charge in [-0.2, -0.15) is 0 Å². The van der Waals surface area contributed by atoms with Crippen LogP contribution in [0.5, 0.6) is 11.5 Å². The lowest BCUT2D eigenvalue weighted by atomic mass is 9.96. The van der Waals surface area contributed by atoms with Crippen LogP contribution in [0.15, 0.2) is 18.2 Å². The first kappa shape index (κ1) is 13.2. The molecule has 0 aromatic heterocycles. The predicted molar refractivity (Wildman–Crippen MR) is 75.7 cm³/mol. The SMILES string of the molecule is CC1(C)Oc2ccc(NC(=O)C(C)(N)C3CC3)cc2O1. The normalized spacial score (nSPS) is 22.2. The number of nitrogens with two attached hydrogens (primary N) is 1. The molecule has 5 nitrogen and oxygen atoms in total. The molecular formula is C15H20N2O3. The van der Waals surface area contributed by atoms with Crippen LogP contribution >= 0.6 is 0 Å². The molecule has 1 fully saturated rings. The molecular weight excluding hydrogens is 256 g/mol. The third-order valence-electron chi connectivity index (χ3n) is 3.83. The molecule has 0 bridgehead atoms. The molecule has 1 aliphatic heterocycles. The zero-order valence-electron chi connectivity index (χ0n) is 12.0. The number of nitrogens with one attached hydrogen (secondary N) is 1. The van der Waals surface area contributed by atoms with E-state index in [0.29, 0.717) is 17.2 Å². The van der Waals surface area contributed by atoms with Gasteiger partial charge < -0.3 is 20.5 Å². The summed E-state index contributed by atoms with van der Waals surface area (Å²) in [5.74, 6) is 0.790.